The number of benzene rings is 1. The highest BCUT2D eigenvalue weighted by molar-refractivity contribution is 5.92. The molecule has 2 atom stereocenters. The van der Waals surface area contributed by atoms with Gasteiger partial charge in [0, 0.05) is 43.1 Å². The zero-order chi connectivity index (χ0) is 20.5. The van der Waals surface area contributed by atoms with Gasteiger partial charge in [-0.2, -0.15) is 0 Å². The first-order chi connectivity index (χ1) is 14.7. The standard InChI is InChI=1S/C23H29N5O2/c29-22-14-24-21(13-25-22)23(30)27-20-7-6-19(20)26-17-8-10-28(11-9-17)18-5-4-15-2-1-3-16(15)12-18/h4-5,12-14,17,19-20,26H,1-3,6-11H2,(H,25,29)(H,27,30)/t19-,20+/m1/s1. The van der Waals surface area contributed by atoms with Gasteiger partial charge >= 0.3 is 0 Å². The Hall–Kier alpha value is -2.67. The summed E-state index contributed by atoms with van der Waals surface area (Å²) in [5.41, 5.74) is 4.39. The Balaban J connectivity index is 1.11. The molecular formula is C23H29N5O2. The number of hydrogen-bond donors (Lipinski definition) is 3. The topological polar surface area (TPSA) is 90.1 Å². The second kappa shape index (κ2) is 8.22. The van der Waals surface area contributed by atoms with Crippen LogP contribution in [-0.4, -0.2) is 47.1 Å². The molecule has 3 N–H and O–H groups in total. The molecule has 1 saturated heterocycles. The third-order valence-electron chi connectivity index (χ3n) is 6.89. The van der Waals surface area contributed by atoms with E-state index in [2.05, 4.69) is 43.7 Å². The smallest absolute Gasteiger partial charge is 0.271 e. The van der Waals surface area contributed by atoms with E-state index in [1.807, 2.05) is 0 Å². The summed E-state index contributed by atoms with van der Waals surface area (Å²) in [5.74, 6) is -0.228. The first kappa shape index (κ1) is 19.3. The summed E-state index contributed by atoms with van der Waals surface area (Å²) < 4.78 is 0. The van der Waals surface area contributed by atoms with E-state index in [0.29, 0.717) is 12.1 Å². The second-order valence-corrected chi connectivity index (χ2v) is 8.79. The molecule has 2 fully saturated rings. The van der Waals surface area contributed by atoms with Gasteiger partial charge in [-0.25, -0.2) is 4.98 Å². The summed E-state index contributed by atoms with van der Waals surface area (Å²) in [4.78, 5) is 32.4. The molecule has 7 nitrogen and oxygen atoms in total. The van der Waals surface area contributed by atoms with Crippen molar-refractivity contribution in [3.8, 4) is 0 Å². The SMILES string of the molecule is O=C(N[C@H]1CC[C@H]1NC1CCN(c2ccc3c(c2)CCC3)CC1)c1c[nH]c(=O)cn1. The Kier molecular flexibility index (Phi) is 5.29. The van der Waals surface area contributed by atoms with Crippen LogP contribution in [0.25, 0.3) is 0 Å². The first-order valence-corrected chi connectivity index (χ1v) is 11.1. The minimum Gasteiger partial charge on any atom is -0.371 e. The number of hydrogen-bond acceptors (Lipinski definition) is 5. The molecule has 2 aromatic rings. The average molecular weight is 408 g/mol. The number of amides is 1. The molecule has 0 radical (unpaired) electrons. The van der Waals surface area contributed by atoms with Crippen LogP contribution < -0.4 is 21.1 Å². The predicted octanol–water partition coefficient (Wildman–Crippen LogP) is 1.78. The van der Waals surface area contributed by atoms with Gasteiger partial charge in [0.2, 0.25) is 0 Å². The molecule has 5 rings (SSSR count). The van der Waals surface area contributed by atoms with Crippen molar-refractivity contribution in [3.05, 3.63) is 57.8 Å². The molecule has 158 valence electrons. The molecule has 1 aromatic carbocycles. The number of aromatic amines is 1. The molecule has 1 aliphatic heterocycles. The van der Waals surface area contributed by atoms with Gasteiger partial charge in [0.25, 0.3) is 11.5 Å². The fourth-order valence-electron chi connectivity index (χ4n) is 4.94. The van der Waals surface area contributed by atoms with E-state index in [1.54, 1.807) is 0 Å². The number of H-pyrrole nitrogens is 1. The van der Waals surface area contributed by atoms with Crippen LogP contribution in [0.5, 0.6) is 0 Å². The van der Waals surface area contributed by atoms with Crippen molar-refractivity contribution in [2.24, 2.45) is 0 Å². The zero-order valence-electron chi connectivity index (χ0n) is 17.2. The van der Waals surface area contributed by atoms with Crippen LogP contribution in [-0.2, 0) is 12.8 Å². The monoisotopic (exact) mass is 407 g/mol. The number of carbonyl (C=O) groups excluding carboxylic acids is 1. The maximum absolute atomic E-state index is 12.3. The van der Waals surface area contributed by atoms with Gasteiger partial charge < -0.3 is 20.5 Å². The number of nitrogens with one attached hydrogen (secondary N) is 3. The van der Waals surface area contributed by atoms with Gasteiger partial charge in [-0.15, -0.1) is 0 Å². The van der Waals surface area contributed by atoms with Crippen molar-refractivity contribution >= 4 is 11.6 Å². The van der Waals surface area contributed by atoms with Crippen LogP contribution >= 0.6 is 0 Å². The van der Waals surface area contributed by atoms with Crippen LogP contribution in [0.3, 0.4) is 0 Å². The van der Waals surface area contributed by atoms with Crippen molar-refractivity contribution < 1.29 is 4.79 Å². The van der Waals surface area contributed by atoms with E-state index in [0.717, 1.165) is 45.0 Å². The highest BCUT2D eigenvalue weighted by Gasteiger charge is 2.34. The molecule has 3 aliphatic rings. The molecule has 2 heterocycles. The van der Waals surface area contributed by atoms with Crippen LogP contribution in [0.2, 0.25) is 0 Å². The predicted molar refractivity (Wildman–Crippen MR) is 116 cm³/mol. The van der Waals surface area contributed by atoms with Crippen molar-refractivity contribution in [1.82, 2.24) is 20.6 Å². The van der Waals surface area contributed by atoms with Gasteiger partial charge in [0.05, 0.1) is 6.20 Å². The van der Waals surface area contributed by atoms with E-state index in [-0.39, 0.29) is 23.2 Å². The molecule has 0 spiro atoms. The molecule has 30 heavy (non-hydrogen) atoms. The number of carbonyl (C=O) groups is 1. The summed E-state index contributed by atoms with van der Waals surface area (Å²) in [7, 11) is 0. The van der Waals surface area contributed by atoms with E-state index < -0.39 is 0 Å². The summed E-state index contributed by atoms with van der Waals surface area (Å²) in [6, 6.07) is 7.94. The van der Waals surface area contributed by atoms with E-state index in [1.165, 1.54) is 42.3 Å². The lowest BCUT2D eigenvalue weighted by Crippen LogP contribution is -2.60. The van der Waals surface area contributed by atoms with Crippen LogP contribution in [0.4, 0.5) is 5.69 Å². The number of fused-ring (bicyclic) bond motifs is 1. The maximum atomic E-state index is 12.3. The first-order valence-electron chi connectivity index (χ1n) is 11.1. The van der Waals surface area contributed by atoms with Gasteiger partial charge in [-0.05, 0) is 68.2 Å². The number of rotatable bonds is 5. The van der Waals surface area contributed by atoms with Crippen LogP contribution in [0, 0.1) is 0 Å². The quantitative estimate of drug-likeness (QED) is 0.703. The fourth-order valence-corrected chi connectivity index (χ4v) is 4.94. The van der Waals surface area contributed by atoms with Crippen LogP contribution in [0.1, 0.15) is 53.7 Å². The molecule has 1 aromatic heterocycles. The Bertz CT molecular complexity index is 959. The molecular weight excluding hydrogens is 378 g/mol. The Morgan fingerprint density at radius 1 is 1.07 bits per heavy atom. The zero-order valence-corrected chi connectivity index (χ0v) is 17.2. The number of aryl methyl sites for hydroxylation is 2. The van der Waals surface area contributed by atoms with Gasteiger partial charge in [-0.1, -0.05) is 6.07 Å². The lowest BCUT2D eigenvalue weighted by Gasteiger charge is -2.42. The third-order valence-corrected chi connectivity index (χ3v) is 6.89. The molecule has 1 saturated carbocycles. The van der Waals surface area contributed by atoms with Gasteiger partial charge in [0.1, 0.15) is 5.69 Å². The number of aromatic nitrogens is 2. The highest BCUT2D eigenvalue weighted by atomic mass is 16.2. The van der Waals surface area contributed by atoms with Crippen LogP contribution in [0.15, 0.2) is 35.4 Å². The largest absolute Gasteiger partial charge is 0.371 e. The van der Waals surface area contributed by atoms with Crippen molar-refractivity contribution in [2.45, 2.75) is 63.1 Å². The molecule has 1 amide bonds. The fraction of sp³-hybridized carbons (Fsp3) is 0.522. The Morgan fingerprint density at radius 3 is 2.60 bits per heavy atom. The molecule has 2 aliphatic carbocycles. The summed E-state index contributed by atoms with van der Waals surface area (Å²) in [6.07, 6.45) is 10.6. The minimum atomic E-state index is -0.305. The third kappa shape index (κ3) is 3.99. The molecule has 7 heteroatoms. The molecule has 0 unspecified atom stereocenters. The Labute approximate surface area is 176 Å². The van der Waals surface area contributed by atoms with Gasteiger partial charge in [-0.3, -0.25) is 9.59 Å². The van der Waals surface area contributed by atoms with E-state index in [4.69, 9.17) is 0 Å². The lowest BCUT2D eigenvalue weighted by molar-refractivity contribution is 0.0881. The number of nitrogens with zero attached hydrogens (tertiary/aromatic N) is 2. The Morgan fingerprint density at radius 2 is 1.87 bits per heavy atom. The van der Waals surface area contributed by atoms with Crippen molar-refractivity contribution in [3.63, 3.8) is 0 Å². The summed E-state index contributed by atoms with van der Waals surface area (Å²) in [6.45, 7) is 2.14. The number of piperidine rings is 1. The highest BCUT2D eigenvalue weighted by Crippen LogP contribution is 2.29. The van der Waals surface area contributed by atoms with Gasteiger partial charge in [0.15, 0.2) is 0 Å². The minimum absolute atomic E-state index is 0.126. The number of anilines is 1. The normalized spacial score (nSPS) is 23.7. The summed E-state index contributed by atoms with van der Waals surface area (Å²) in [5, 5.41) is 6.82. The average Bonchev–Trinajstić information content (AvgIpc) is 3.24. The van der Waals surface area contributed by atoms with Crippen molar-refractivity contribution in [1.29, 1.82) is 0 Å². The van der Waals surface area contributed by atoms with E-state index >= 15 is 0 Å². The van der Waals surface area contributed by atoms with E-state index in [9.17, 15) is 9.59 Å². The second-order valence-electron chi connectivity index (χ2n) is 8.79. The van der Waals surface area contributed by atoms with Crippen molar-refractivity contribution in [2.75, 3.05) is 18.0 Å². The summed E-state index contributed by atoms with van der Waals surface area (Å²) >= 11 is 0. The maximum Gasteiger partial charge on any atom is 0.271 e. The molecule has 0 bridgehead atoms. The lowest BCUT2D eigenvalue weighted by atomic mass is 9.85.